The fourth-order valence-electron chi connectivity index (χ4n) is 3.18. The van der Waals surface area contributed by atoms with E-state index in [1.165, 1.54) is 30.0 Å². The van der Waals surface area contributed by atoms with E-state index >= 15 is 0 Å². The summed E-state index contributed by atoms with van der Waals surface area (Å²) in [4.78, 5) is 35.2. The Kier molecular flexibility index (Phi) is 7.44. The standard InChI is InChI=1S/C22H24N6O4S/c1-13-6-5-7-16(10-13)21(30)23-15(3)20-25-26-22(27(20)4)33-12-19(29)24-18-9-8-17(28(31)32)11-14(18)2/h5-11,15H,12H2,1-4H3,(H,23,30)(H,24,29)/t15-/m1/s1. The Morgan fingerprint density at radius 1 is 1.18 bits per heavy atom. The Hall–Kier alpha value is -3.73. The van der Waals surface area contributed by atoms with Crippen molar-refractivity contribution in [3.05, 3.63) is 75.1 Å². The Morgan fingerprint density at radius 3 is 2.61 bits per heavy atom. The molecule has 0 radical (unpaired) electrons. The molecule has 0 unspecified atom stereocenters. The number of nitro benzene ring substituents is 1. The lowest BCUT2D eigenvalue weighted by molar-refractivity contribution is -0.384. The maximum Gasteiger partial charge on any atom is 0.269 e. The van der Waals surface area contributed by atoms with Crippen molar-refractivity contribution in [3.8, 4) is 0 Å². The molecule has 10 nitrogen and oxygen atoms in total. The Bertz CT molecular complexity index is 1210. The maximum atomic E-state index is 12.5. The van der Waals surface area contributed by atoms with Gasteiger partial charge in [-0.15, -0.1) is 10.2 Å². The average molecular weight is 469 g/mol. The highest BCUT2D eigenvalue weighted by molar-refractivity contribution is 7.99. The molecule has 1 aromatic heterocycles. The van der Waals surface area contributed by atoms with Gasteiger partial charge in [0.2, 0.25) is 5.91 Å². The Morgan fingerprint density at radius 2 is 1.94 bits per heavy atom. The molecule has 2 N–H and O–H groups in total. The lowest BCUT2D eigenvalue weighted by Gasteiger charge is -2.14. The largest absolute Gasteiger partial charge is 0.342 e. The summed E-state index contributed by atoms with van der Waals surface area (Å²) in [6.45, 7) is 5.43. The third-order valence-corrected chi connectivity index (χ3v) is 5.93. The number of hydrogen-bond acceptors (Lipinski definition) is 7. The average Bonchev–Trinajstić information content (AvgIpc) is 3.14. The number of carbonyl (C=O) groups excluding carboxylic acids is 2. The number of thioether (sulfide) groups is 1. The molecule has 1 atom stereocenters. The summed E-state index contributed by atoms with van der Waals surface area (Å²) in [5, 5.41) is 25.3. The van der Waals surface area contributed by atoms with Crippen LogP contribution >= 0.6 is 11.8 Å². The zero-order valence-corrected chi connectivity index (χ0v) is 19.5. The fourth-order valence-corrected chi connectivity index (χ4v) is 3.90. The zero-order chi connectivity index (χ0) is 24.1. The van der Waals surface area contributed by atoms with E-state index in [0.29, 0.717) is 27.8 Å². The van der Waals surface area contributed by atoms with Gasteiger partial charge in [0.15, 0.2) is 11.0 Å². The van der Waals surface area contributed by atoms with Crippen LogP contribution in [0.2, 0.25) is 0 Å². The van der Waals surface area contributed by atoms with Crippen molar-refractivity contribution in [3.63, 3.8) is 0 Å². The number of amides is 2. The van der Waals surface area contributed by atoms with E-state index in [0.717, 1.165) is 5.56 Å². The van der Waals surface area contributed by atoms with Crippen LogP contribution in [0.5, 0.6) is 0 Å². The van der Waals surface area contributed by atoms with Gasteiger partial charge in [-0.05, 0) is 44.5 Å². The number of hydrogen-bond donors (Lipinski definition) is 2. The lowest BCUT2D eigenvalue weighted by atomic mass is 10.1. The van der Waals surface area contributed by atoms with E-state index in [2.05, 4.69) is 20.8 Å². The molecule has 0 aliphatic rings. The first kappa shape index (κ1) is 23.9. The lowest BCUT2D eigenvalue weighted by Crippen LogP contribution is -2.28. The number of nitrogens with one attached hydrogen (secondary N) is 2. The monoisotopic (exact) mass is 468 g/mol. The van der Waals surface area contributed by atoms with Crippen molar-refractivity contribution in [2.75, 3.05) is 11.1 Å². The molecule has 0 aliphatic heterocycles. The van der Waals surface area contributed by atoms with Crippen LogP contribution in [0.3, 0.4) is 0 Å². The quantitative estimate of drug-likeness (QED) is 0.293. The molecule has 0 spiro atoms. The van der Waals surface area contributed by atoms with Gasteiger partial charge in [0.1, 0.15) is 0 Å². The van der Waals surface area contributed by atoms with E-state index in [1.807, 2.05) is 32.0 Å². The molecule has 1 heterocycles. The van der Waals surface area contributed by atoms with Crippen LogP contribution in [-0.4, -0.2) is 37.3 Å². The fraction of sp³-hybridized carbons (Fsp3) is 0.273. The summed E-state index contributed by atoms with van der Waals surface area (Å²) in [6.07, 6.45) is 0. The van der Waals surface area contributed by atoms with Crippen molar-refractivity contribution < 1.29 is 14.5 Å². The van der Waals surface area contributed by atoms with Gasteiger partial charge >= 0.3 is 0 Å². The van der Waals surface area contributed by atoms with E-state index in [1.54, 1.807) is 24.6 Å². The van der Waals surface area contributed by atoms with E-state index in [-0.39, 0.29) is 29.3 Å². The van der Waals surface area contributed by atoms with E-state index < -0.39 is 4.92 Å². The van der Waals surface area contributed by atoms with Gasteiger partial charge in [-0.2, -0.15) is 0 Å². The molecule has 0 fully saturated rings. The molecule has 3 rings (SSSR count). The molecule has 0 saturated heterocycles. The Labute approximate surface area is 194 Å². The number of nitro groups is 1. The second-order valence-electron chi connectivity index (χ2n) is 7.56. The van der Waals surface area contributed by atoms with Crippen LogP contribution in [0.25, 0.3) is 0 Å². The first-order valence-electron chi connectivity index (χ1n) is 10.1. The molecule has 0 saturated carbocycles. The van der Waals surface area contributed by atoms with Crippen molar-refractivity contribution in [1.29, 1.82) is 0 Å². The van der Waals surface area contributed by atoms with Crippen molar-refractivity contribution >= 4 is 35.0 Å². The van der Waals surface area contributed by atoms with Gasteiger partial charge in [-0.25, -0.2) is 0 Å². The van der Waals surface area contributed by atoms with Gasteiger partial charge in [0.05, 0.1) is 16.7 Å². The molecular formula is C22H24N6O4S. The third kappa shape index (κ3) is 5.95. The normalized spacial score (nSPS) is 11.6. The van der Waals surface area contributed by atoms with Crippen LogP contribution in [0.4, 0.5) is 11.4 Å². The summed E-state index contributed by atoms with van der Waals surface area (Å²) >= 11 is 1.20. The molecule has 0 bridgehead atoms. The number of aryl methyl sites for hydroxylation is 2. The number of rotatable bonds is 8. The van der Waals surface area contributed by atoms with Crippen molar-refractivity contribution in [2.24, 2.45) is 7.05 Å². The second kappa shape index (κ2) is 10.3. The van der Waals surface area contributed by atoms with E-state index in [4.69, 9.17) is 0 Å². The highest BCUT2D eigenvalue weighted by atomic mass is 32.2. The first-order chi connectivity index (χ1) is 15.7. The SMILES string of the molecule is Cc1cccc(C(=O)N[C@H](C)c2nnc(SCC(=O)Nc3ccc([N+](=O)[O-])cc3C)n2C)c1. The van der Waals surface area contributed by atoms with Crippen LogP contribution in [0, 0.1) is 24.0 Å². The number of anilines is 1. The first-order valence-corrected chi connectivity index (χ1v) is 11.1. The predicted molar refractivity (Wildman–Crippen MR) is 125 cm³/mol. The van der Waals surface area contributed by atoms with Gasteiger partial charge < -0.3 is 15.2 Å². The van der Waals surface area contributed by atoms with Crippen molar-refractivity contribution in [1.82, 2.24) is 20.1 Å². The van der Waals surface area contributed by atoms with Crippen LogP contribution < -0.4 is 10.6 Å². The van der Waals surface area contributed by atoms with Gasteiger partial charge in [0, 0.05) is 30.4 Å². The summed E-state index contributed by atoms with van der Waals surface area (Å²) < 4.78 is 1.73. The number of non-ortho nitro benzene ring substituents is 1. The third-order valence-electron chi connectivity index (χ3n) is 4.91. The highest BCUT2D eigenvalue weighted by Crippen LogP contribution is 2.23. The number of benzene rings is 2. The molecule has 2 aromatic carbocycles. The molecule has 0 aliphatic carbocycles. The summed E-state index contributed by atoms with van der Waals surface area (Å²) in [5.41, 5.74) is 2.64. The van der Waals surface area contributed by atoms with E-state index in [9.17, 15) is 19.7 Å². The van der Waals surface area contributed by atoms with Crippen LogP contribution in [0.1, 0.15) is 40.3 Å². The summed E-state index contributed by atoms with van der Waals surface area (Å²) in [7, 11) is 1.77. The van der Waals surface area contributed by atoms with Crippen LogP contribution in [0.15, 0.2) is 47.6 Å². The number of carbonyl (C=O) groups is 2. The predicted octanol–water partition coefficient (Wildman–Crippen LogP) is 3.56. The van der Waals surface area contributed by atoms with Crippen LogP contribution in [-0.2, 0) is 11.8 Å². The molecule has 3 aromatic rings. The Balaban J connectivity index is 1.58. The minimum Gasteiger partial charge on any atom is -0.342 e. The second-order valence-corrected chi connectivity index (χ2v) is 8.50. The smallest absolute Gasteiger partial charge is 0.269 e. The minimum atomic E-state index is -0.482. The molecule has 11 heteroatoms. The summed E-state index contributed by atoms with van der Waals surface area (Å²) in [6, 6.07) is 11.2. The number of aromatic nitrogens is 3. The molecule has 33 heavy (non-hydrogen) atoms. The molecule has 172 valence electrons. The van der Waals surface area contributed by atoms with Gasteiger partial charge in [-0.3, -0.25) is 19.7 Å². The van der Waals surface area contributed by atoms with Crippen molar-refractivity contribution in [2.45, 2.75) is 32.0 Å². The van der Waals surface area contributed by atoms with Gasteiger partial charge in [0.25, 0.3) is 11.6 Å². The number of nitrogens with zero attached hydrogens (tertiary/aromatic N) is 4. The highest BCUT2D eigenvalue weighted by Gasteiger charge is 2.19. The zero-order valence-electron chi connectivity index (χ0n) is 18.7. The maximum absolute atomic E-state index is 12.5. The topological polar surface area (TPSA) is 132 Å². The molecule has 2 amide bonds. The van der Waals surface area contributed by atoms with Gasteiger partial charge in [-0.1, -0.05) is 29.5 Å². The minimum absolute atomic E-state index is 0.0323. The molecular weight excluding hydrogens is 444 g/mol. The summed E-state index contributed by atoms with van der Waals surface area (Å²) in [5.74, 6) is 0.153.